The molecular weight excluding hydrogens is 284 g/mol. The van der Waals surface area contributed by atoms with E-state index in [1.807, 2.05) is 13.8 Å². The molecule has 3 N–H and O–H groups in total. The van der Waals surface area contributed by atoms with E-state index in [4.69, 9.17) is 14.6 Å². The van der Waals surface area contributed by atoms with E-state index in [0.717, 1.165) is 13.1 Å². The third-order valence-electron chi connectivity index (χ3n) is 3.60. The van der Waals surface area contributed by atoms with Crippen molar-refractivity contribution in [1.29, 1.82) is 0 Å². The van der Waals surface area contributed by atoms with Crippen LogP contribution in [0.1, 0.15) is 13.8 Å². The van der Waals surface area contributed by atoms with Crippen LogP contribution < -0.4 is 17.7 Å². The van der Waals surface area contributed by atoms with Gasteiger partial charge in [-0.15, -0.1) is 0 Å². The minimum absolute atomic E-state index is 0. The van der Waals surface area contributed by atoms with Crippen LogP contribution in [0.25, 0.3) is 0 Å². The van der Waals surface area contributed by atoms with E-state index in [1.165, 1.54) is 5.71 Å². The van der Waals surface area contributed by atoms with Crippen molar-refractivity contribution < 1.29 is 36.7 Å². The lowest BCUT2D eigenvalue weighted by Gasteiger charge is -2.08. The second kappa shape index (κ2) is 9.65. The maximum absolute atomic E-state index is 9.43. The highest BCUT2D eigenvalue weighted by atomic mass is 35.5. The second-order valence-corrected chi connectivity index (χ2v) is 5.19. The van der Waals surface area contributed by atoms with Crippen molar-refractivity contribution in [2.24, 2.45) is 0 Å². The van der Waals surface area contributed by atoms with Crippen molar-refractivity contribution in [1.82, 2.24) is 5.32 Å². The number of hydrogen-bond acceptors (Lipinski definition) is 5. The molecule has 0 spiro atoms. The standard InChI is InChI=1S/C8H16NO2.C5H11NO2.ClH/c1-6(2)9-4-7(10)8(5-9)11-3;1-8-5-3-6-2-4(5)7;/h7-8,10H,4-5H2,1-3H3;4-7H,2-3H2,1H3;1H/q+1;;/p-1/t7-,8-;4-,5-;/m11./s1. The Bertz CT molecular complexity index is 311. The molecule has 0 radical (unpaired) electrons. The second-order valence-electron chi connectivity index (χ2n) is 5.19. The lowest BCUT2D eigenvalue weighted by atomic mass is 10.3. The largest absolute Gasteiger partial charge is 1.00 e. The Balaban J connectivity index is 0.000000359. The van der Waals surface area contributed by atoms with Gasteiger partial charge >= 0.3 is 0 Å². The van der Waals surface area contributed by atoms with Gasteiger partial charge in [-0.1, -0.05) is 0 Å². The number of aliphatic hydroxyl groups excluding tert-OH is 2. The van der Waals surface area contributed by atoms with Gasteiger partial charge in [0.15, 0.2) is 13.1 Å². The SMILES string of the molecule is CO[C@@H]1CNC[C@H]1O.CO[C@@H]1C[N+](=C(C)C)C[C@H]1O.[Cl-]. The molecule has 0 bridgehead atoms. The zero-order chi connectivity index (χ0) is 14.4. The molecule has 2 aliphatic rings. The van der Waals surface area contributed by atoms with E-state index in [0.29, 0.717) is 13.1 Å². The summed E-state index contributed by atoms with van der Waals surface area (Å²) in [4.78, 5) is 0. The molecule has 2 fully saturated rings. The molecule has 2 heterocycles. The number of rotatable bonds is 2. The number of methoxy groups -OCH3 is 2. The molecule has 0 saturated carbocycles. The molecule has 2 rings (SSSR count). The van der Waals surface area contributed by atoms with Crippen LogP contribution in [-0.2, 0) is 9.47 Å². The lowest BCUT2D eigenvalue weighted by molar-refractivity contribution is -0.513. The lowest BCUT2D eigenvalue weighted by Crippen LogP contribution is -3.00. The first-order chi connectivity index (χ1) is 8.99. The van der Waals surface area contributed by atoms with Crippen molar-refractivity contribution in [3.8, 4) is 0 Å². The van der Waals surface area contributed by atoms with Crippen LogP contribution in [0.4, 0.5) is 0 Å². The van der Waals surface area contributed by atoms with Gasteiger partial charge in [-0.25, -0.2) is 4.58 Å². The quantitative estimate of drug-likeness (QED) is 0.452. The third kappa shape index (κ3) is 5.63. The number of halogens is 1. The topological polar surface area (TPSA) is 74.0 Å². The first-order valence-electron chi connectivity index (χ1n) is 6.67. The zero-order valence-electron chi connectivity index (χ0n) is 12.7. The minimum atomic E-state index is -0.324. The summed E-state index contributed by atoms with van der Waals surface area (Å²) in [5.74, 6) is 0. The number of nitrogens with one attached hydrogen (secondary N) is 1. The zero-order valence-corrected chi connectivity index (χ0v) is 13.4. The average Bonchev–Trinajstić information content (AvgIpc) is 2.95. The molecule has 2 aliphatic heterocycles. The highest BCUT2D eigenvalue weighted by Gasteiger charge is 2.35. The van der Waals surface area contributed by atoms with Gasteiger partial charge in [0.2, 0.25) is 0 Å². The van der Waals surface area contributed by atoms with Crippen molar-refractivity contribution in [2.75, 3.05) is 40.4 Å². The first kappa shape index (κ1) is 19.8. The van der Waals surface area contributed by atoms with Crippen LogP contribution in [-0.4, -0.2) is 85.3 Å². The molecule has 6 nitrogen and oxygen atoms in total. The van der Waals surface area contributed by atoms with Crippen LogP contribution in [0.5, 0.6) is 0 Å². The molecule has 20 heavy (non-hydrogen) atoms. The van der Waals surface area contributed by atoms with Gasteiger partial charge in [-0.05, 0) is 0 Å². The summed E-state index contributed by atoms with van der Waals surface area (Å²) in [6.07, 6.45) is -0.630. The maximum Gasteiger partial charge on any atom is 0.171 e. The Morgan fingerprint density at radius 3 is 1.85 bits per heavy atom. The highest BCUT2D eigenvalue weighted by molar-refractivity contribution is 5.73. The molecule has 0 aromatic rings. The van der Waals surface area contributed by atoms with Crippen LogP contribution in [0.15, 0.2) is 0 Å². The average molecular weight is 311 g/mol. The molecule has 0 aromatic carbocycles. The van der Waals surface area contributed by atoms with Crippen LogP contribution in [0, 0.1) is 0 Å². The van der Waals surface area contributed by atoms with Gasteiger partial charge < -0.3 is 37.4 Å². The molecule has 7 heteroatoms. The molecule has 0 amide bonds. The summed E-state index contributed by atoms with van der Waals surface area (Å²) in [5, 5.41) is 21.4. The van der Waals surface area contributed by atoms with Crippen molar-refractivity contribution >= 4 is 5.71 Å². The fraction of sp³-hybridized carbons (Fsp3) is 0.923. The van der Waals surface area contributed by atoms with Gasteiger partial charge in [0.1, 0.15) is 17.9 Å². The predicted octanol–water partition coefficient (Wildman–Crippen LogP) is -4.16. The molecular formula is C13H27ClN2O4. The van der Waals surface area contributed by atoms with Gasteiger partial charge in [-0.3, -0.25) is 0 Å². The van der Waals surface area contributed by atoms with Crippen molar-refractivity contribution in [3.63, 3.8) is 0 Å². The highest BCUT2D eigenvalue weighted by Crippen LogP contribution is 2.08. The Kier molecular flexibility index (Phi) is 9.54. The van der Waals surface area contributed by atoms with Gasteiger partial charge in [0, 0.05) is 41.2 Å². The van der Waals surface area contributed by atoms with E-state index >= 15 is 0 Å². The van der Waals surface area contributed by atoms with Crippen molar-refractivity contribution in [2.45, 2.75) is 38.3 Å². The van der Waals surface area contributed by atoms with E-state index in [2.05, 4.69) is 9.89 Å². The summed E-state index contributed by atoms with van der Waals surface area (Å²) >= 11 is 0. The normalized spacial score (nSPS) is 32.4. The molecule has 0 aliphatic carbocycles. The molecule has 2 saturated heterocycles. The van der Waals surface area contributed by atoms with Crippen LogP contribution in [0.2, 0.25) is 0 Å². The predicted molar refractivity (Wildman–Crippen MR) is 72.8 cm³/mol. The number of β-amino-alcohol motifs (C(OH)–C–C–N with tert-alkyl or cyclic N) is 2. The van der Waals surface area contributed by atoms with Crippen molar-refractivity contribution in [3.05, 3.63) is 0 Å². The van der Waals surface area contributed by atoms with Gasteiger partial charge in [0.25, 0.3) is 0 Å². The fourth-order valence-corrected chi connectivity index (χ4v) is 2.23. The molecule has 0 aromatic heterocycles. The Morgan fingerprint density at radius 1 is 1.00 bits per heavy atom. The summed E-state index contributed by atoms with van der Waals surface area (Å²) in [5.41, 5.74) is 1.24. The van der Waals surface area contributed by atoms with Gasteiger partial charge in [-0.2, -0.15) is 0 Å². The van der Waals surface area contributed by atoms with Crippen LogP contribution >= 0.6 is 0 Å². The molecule has 120 valence electrons. The Labute approximate surface area is 127 Å². The van der Waals surface area contributed by atoms with Crippen LogP contribution in [0.3, 0.4) is 0 Å². The van der Waals surface area contributed by atoms with E-state index < -0.39 is 0 Å². The first-order valence-corrected chi connectivity index (χ1v) is 6.67. The Morgan fingerprint density at radius 2 is 1.60 bits per heavy atom. The molecule has 0 unspecified atom stereocenters. The van der Waals surface area contributed by atoms with E-state index in [-0.39, 0.29) is 36.8 Å². The fourth-order valence-electron chi connectivity index (χ4n) is 2.23. The van der Waals surface area contributed by atoms with E-state index in [1.54, 1.807) is 14.2 Å². The summed E-state index contributed by atoms with van der Waals surface area (Å²) < 4.78 is 12.1. The number of hydrogen-bond donors (Lipinski definition) is 3. The summed E-state index contributed by atoms with van der Waals surface area (Å²) in [6.45, 7) is 7.06. The number of nitrogens with zero attached hydrogens (tertiary/aromatic N) is 1. The number of aliphatic hydroxyl groups is 2. The number of ether oxygens (including phenoxy) is 2. The third-order valence-corrected chi connectivity index (χ3v) is 3.60. The smallest absolute Gasteiger partial charge is 0.171 e. The molecule has 4 atom stereocenters. The van der Waals surface area contributed by atoms with Gasteiger partial charge in [0.05, 0.1) is 12.2 Å². The monoisotopic (exact) mass is 310 g/mol. The summed E-state index contributed by atoms with van der Waals surface area (Å²) in [7, 11) is 3.25. The summed E-state index contributed by atoms with van der Waals surface area (Å²) in [6, 6.07) is 0. The Hall–Kier alpha value is -0.240. The maximum atomic E-state index is 9.43. The van der Waals surface area contributed by atoms with E-state index in [9.17, 15) is 5.11 Å². The minimum Gasteiger partial charge on any atom is -1.00 e.